The monoisotopic (exact) mass is 500 g/mol. The number of benzene rings is 1. The molecule has 1 saturated heterocycles. The summed E-state index contributed by atoms with van der Waals surface area (Å²) in [6.07, 6.45) is 1.14. The molecule has 5 N–H and O–H groups in total. The fraction of sp³-hybridized carbons (Fsp3) is 0.417. The van der Waals surface area contributed by atoms with Gasteiger partial charge >= 0.3 is 6.01 Å². The molecule has 1 amide bonds. The van der Waals surface area contributed by atoms with Crippen molar-refractivity contribution in [2.24, 2.45) is 11.1 Å². The van der Waals surface area contributed by atoms with Crippen LogP contribution in [0.15, 0.2) is 36.5 Å². The fourth-order valence-corrected chi connectivity index (χ4v) is 3.58. The van der Waals surface area contributed by atoms with Crippen molar-refractivity contribution in [2.75, 3.05) is 39.5 Å². The Balaban J connectivity index is 1.61. The Kier molecular flexibility index (Phi) is 8.21. The first-order chi connectivity index (χ1) is 17.4. The van der Waals surface area contributed by atoms with Crippen molar-refractivity contribution in [1.29, 1.82) is 0 Å². The summed E-state index contributed by atoms with van der Waals surface area (Å²) in [5.41, 5.74) is 6.78. The van der Waals surface area contributed by atoms with Crippen molar-refractivity contribution < 1.29 is 28.5 Å². The van der Waals surface area contributed by atoms with Crippen LogP contribution in [-0.4, -0.2) is 70.5 Å². The third kappa shape index (κ3) is 5.85. The normalized spacial score (nSPS) is 19.7. The van der Waals surface area contributed by atoms with Crippen LogP contribution < -0.4 is 15.8 Å². The van der Waals surface area contributed by atoms with E-state index < -0.39 is 11.7 Å². The van der Waals surface area contributed by atoms with Gasteiger partial charge in [0.1, 0.15) is 5.82 Å². The number of rotatable bonds is 10. The lowest BCUT2D eigenvalue weighted by molar-refractivity contribution is -0.231. The van der Waals surface area contributed by atoms with Gasteiger partial charge in [0.2, 0.25) is 12.2 Å². The van der Waals surface area contributed by atoms with Gasteiger partial charge in [0.25, 0.3) is 0 Å². The smallest absolute Gasteiger partial charge is 0.316 e. The molecular weight excluding hydrogens is 471 g/mol. The Labute approximate surface area is 207 Å². The number of ether oxygens (including phenoxy) is 3. The minimum Gasteiger partial charge on any atom is -0.463 e. The molecule has 1 aliphatic rings. The highest BCUT2D eigenvalue weighted by Gasteiger charge is 2.40. The lowest BCUT2D eigenvalue weighted by Crippen LogP contribution is -2.49. The van der Waals surface area contributed by atoms with E-state index in [-0.39, 0.29) is 44.2 Å². The molecule has 0 saturated carbocycles. The average Bonchev–Trinajstić information content (AvgIpc) is 3.34. The Morgan fingerprint density at radius 1 is 1.28 bits per heavy atom. The molecule has 2 aromatic heterocycles. The van der Waals surface area contributed by atoms with Crippen molar-refractivity contribution in [3.63, 3.8) is 0 Å². The highest BCUT2D eigenvalue weighted by molar-refractivity contribution is 5.82. The third-order valence-corrected chi connectivity index (χ3v) is 5.57. The topological polar surface area (TPSA) is 158 Å². The second-order valence-electron chi connectivity index (χ2n) is 8.56. The number of nitrogens with zero attached hydrogens (tertiary/aromatic N) is 3. The SMILES string of the molecule is CC1(C(=O)NCCN)COC(c2nc(-c3ccc(F)cc3)c(-c3ccnc(OCCCO)n3)[nH]2)OC1. The number of nitrogens with two attached hydrogens (primary N) is 1. The number of halogens is 1. The average molecular weight is 501 g/mol. The van der Waals surface area contributed by atoms with Gasteiger partial charge in [-0.05, 0) is 37.3 Å². The molecule has 12 heteroatoms. The van der Waals surface area contributed by atoms with Crippen LogP contribution in [0.3, 0.4) is 0 Å². The summed E-state index contributed by atoms with van der Waals surface area (Å²) in [5, 5.41) is 11.7. The summed E-state index contributed by atoms with van der Waals surface area (Å²) in [6, 6.07) is 7.74. The molecule has 3 heterocycles. The quantitative estimate of drug-likeness (QED) is 0.303. The molecule has 0 radical (unpaired) electrons. The van der Waals surface area contributed by atoms with Gasteiger partial charge in [-0.15, -0.1) is 0 Å². The molecule has 0 unspecified atom stereocenters. The fourth-order valence-electron chi connectivity index (χ4n) is 3.58. The first-order valence-corrected chi connectivity index (χ1v) is 11.6. The molecule has 1 aliphatic heterocycles. The zero-order valence-electron chi connectivity index (χ0n) is 19.9. The summed E-state index contributed by atoms with van der Waals surface area (Å²) in [6.45, 7) is 2.95. The zero-order chi connectivity index (χ0) is 25.5. The maximum atomic E-state index is 13.6. The maximum Gasteiger partial charge on any atom is 0.316 e. The van der Waals surface area contributed by atoms with Crippen LogP contribution in [0.25, 0.3) is 22.6 Å². The summed E-state index contributed by atoms with van der Waals surface area (Å²) in [5.74, 6) is -0.202. The number of aromatic nitrogens is 4. The van der Waals surface area contributed by atoms with Crippen LogP contribution in [0.1, 0.15) is 25.5 Å². The van der Waals surface area contributed by atoms with Gasteiger partial charge in [-0.25, -0.2) is 14.4 Å². The summed E-state index contributed by atoms with van der Waals surface area (Å²) in [4.78, 5) is 28.9. The van der Waals surface area contributed by atoms with Gasteiger partial charge < -0.3 is 35.4 Å². The van der Waals surface area contributed by atoms with Crippen LogP contribution >= 0.6 is 0 Å². The lowest BCUT2D eigenvalue weighted by atomic mass is 9.91. The molecular formula is C24H29FN6O5. The molecule has 1 aromatic carbocycles. The number of carbonyl (C=O) groups is 1. The predicted octanol–water partition coefficient (Wildman–Crippen LogP) is 1.56. The van der Waals surface area contributed by atoms with Gasteiger partial charge in [0, 0.05) is 37.9 Å². The van der Waals surface area contributed by atoms with E-state index >= 15 is 0 Å². The van der Waals surface area contributed by atoms with Crippen LogP contribution in [0.4, 0.5) is 4.39 Å². The number of aliphatic hydroxyl groups is 1. The molecule has 3 aromatic rings. The van der Waals surface area contributed by atoms with E-state index in [1.165, 1.54) is 12.1 Å². The van der Waals surface area contributed by atoms with Crippen molar-refractivity contribution in [1.82, 2.24) is 25.3 Å². The molecule has 36 heavy (non-hydrogen) atoms. The first-order valence-electron chi connectivity index (χ1n) is 11.6. The minimum atomic E-state index is -0.867. The van der Waals surface area contributed by atoms with Crippen LogP contribution in [-0.2, 0) is 14.3 Å². The van der Waals surface area contributed by atoms with Gasteiger partial charge in [-0.1, -0.05) is 0 Å². The molecule has 11 nitrogen and oxygen atoms in total. The number of imidazole rings is 1. The number of carbonyl (C=O) groups excluding carboxylic acids is 1. The molecule has 0 spiro atoms. The van der Waals surface area contributed by atoms with E-state index in [0.29, 0.717) is 48.0 Å². The van der Waals surface area contributed by atoms with Gasteiger partial charge in [-0.3, -0.25) is 4.79 Å². The van der Waals surface area contributed by atoms with Crippen molar-refractivity contribution in [2.45, 2.75) is 19.6 Å². The molecule has 0 bridgehead atoms. The number of aliphatic hydroxyl groups excluding tert-OH is 1. The summed E-state index contributed by atoms with van der Waals surface area (Å²) in [7, 11) is 0. The molecule has 4 rings (SSSR count). The Hall–Kier alpha value is -3.45. The largest absolute Gasteiger partial charge is 0.463 e. The Bertz CT molecular complexity index is 1160. The Morgan fingerprint density at radius 2 is 2.03 bits per heavy atom. The zero-order valence-corrected chi connectivity index (χ0v) is 19.9. The van der Waals surface area contributed by atoms with E-state index in [1.807, 2.05) is 0 Å². The van der Waals surface area contributed by atoms with Crippen molar-refractivity contribution in [3.8, 4) is 28.7 Å². The molecule has 192 valence electrons. The molecule has 0 atom stereocenters. The molecule has 1 fully saturated rings. The van der Waals surface area contributed by atoms with Crippen molar-refractivity contribution in [3.05, 3.63) is 48.2 Å². The standard InChI is InChI=1S/C24H29FN6O5/c1-24(22(33)27-10-8-26)13-35-21(36-14-24)20-30-18(15-3-5-16(25)6-4-15)19(31-20)17-7-9-28-23(29-17)34-12-2-11-32/h3-7,9,21,32H,2,8,10-14,26H2,1H3,(H,27,33)(H,30,31). The predicted molar refractivity (Wildman–Crippen MR) is 127 cm³/mol. The van der Waals surface area contributed by atoms with E-state index in [2.05, 4.69) is 25.3 Å². The Morgan fingerprint density at radius 3 is 2.72 bits per heavy atom. The summed E-state index contributed by atoms with van der Waals surface area (Å²) >= 11 is 0. The lowest BCUT2D eigenvalue weighted by Gasteiger charge is -2.35. The maximum absolute atomic E-state index is 13.6. The third-order valence-electron chi connectivity index (χ3n) is 5.57. The van der Waals surface area contributed by atoms with Crippen molar-refractivity contribution >= 4 is 5.91 Å². The van der Waals surface area contributed by atoms with E-state index in [4.69, 9.17) is 25.1 Å². The molecule has 0 aliphatic carbocycles. The number of hydrogen-bond donors (Lipinski definition) is 4. The van der Waals surface area contributed by atoms with Crippen LogP contribution in [0.2, 0.25) is 0 Å². The summed E-state index contributed by atoms with van der Waals surface area (Å²) < 4.78 is 30.8. The number of H-pyrrole nitrogens is 1. The van der Waals surface area contributed by atoms with Gasteiger partial charge in [0.15, 0.2) is 5.82 Å². The van der Waals surface area contributed by atoms with Crippen LogP contribution in [0, 0.1) is 11.2 Å². The van der Waals surface area contributed by atoms with Gasteiger partial charge in [0.05, 0.1) is 42.3 Å². The highest BCUT2D eigenvalue weighted by atomic mass is 19.1. The second-order valence-corrected chi connectivity index (χ2v) is 8.56. The number of aromatic amines is 1. The van der Waals surface area contributed by atoms with E-state index in [0.717, 1.165) is 0 Å². The minimum absolute atomic E-state index is 0.00652. The van der Waals surface area contributed by atoms with E-state index in [1.54, 1.807) is 31.3 Å². The number of hydrogen-bond acceptors (Lipinski definition) is 9. The van der Waals surface area contributed by atoms with E-state index in [9.17, 15) is 9.18 Å². The number of amides is 1. The van der Waals surface area contributed by atoms with Gasteiger partial charge in [-0.2, -0.15) is 4.98 Å². The highest BCUT2D eigenvalue weighted by Crippen LogP contribution is 2.35. The van der Waals surface area contributed by atoms with Crippen LogP contribution in [0.5, 0.6) is 6.01 Å². The number of nitrogens with one attached hydrogen (secondary N) is 2. The first kappa shape index (κ1) is 25.6. The second kappa shape index (κ2) is 11.5.